The highest BCUT2D eigenvalue weighted by Gasteiger charge is 2.21. The fraction of sp³-hybridized carbons (Fsp3) is 0.364. The Balaban J connectivity index is 2.31. The molecule has 15 heavy (non-hydrogen) atoms. The van der Waals surface area contributed by atoms with Crippen LogP contribution in [0.4, 0.5) is 5.69 Å². The maximum atomic E-state index is 11.7. The van der Waals surface area contributed by atoms with E-state index in [2.05, 4.69) is 22.6 Å². The molecule has 1 heterocycles. The maximum absolute atomic E-state index is 11.7. The van der Waals surface area contributed by atoms with Gasteiger partial charge in [-0.15, -0.1) is 0 Å². The quantitative estimate of drug-likeness (QED) is 0.720. The van der Waals surface area contributed by atoms with Gasteiger partial charge in [-0.05, 0) is 53.6 Å². The summed E-state index contributed by atoms with van der Waals surface area (Å²) in [6.07, 6.45) is 2.77. The number of hydrogen-bond donors (Lipinski definition) is 0. The smallest absolute Gasteiger partial charge is 0.227 e. The molecule has 0 radical (unpaired) electrons. The summed E-state index contributed by atoms with van der Waals surface area (Å²) in [5.74, 6) is 0.224. The molecule has 2 nitrogen and oxygen atoms in total. The number of carbonyl (C=O) groups excluding carboxylic acids is 1. The van der Waals surface area contributed by atoms with Gasteiger partial charge in [-0.3, -0.25) is 4.79 Å². The number of hydrogen-bond acceptors (Lipinski definition) is 1. The standard InChI is InChI=1S/C11H11ClINO/c12-8-4-5-10(9(13)7-8)14-6-2-1-3-11(14)15/h4-5,7H,1-3,6H2. The van der Waals surface area contributed by atoms with Crippen molar-refractivity contribution >= 4 is 45.8 Å². The number of amides is 1. The van der Waals surface area contributed by atoms with Gasteiger partial charge < -0.3 is 4.90 Å². The van der Waals surface area contributed by atoms with Gasteiger partial charge in [0.25, 0.3) is 0 Å². The minimum absolute atomic E-state index is 0.224. The van der Waals surface area contributed by atoms with E-state index in [1.807, 2.05) is 23.1 Å². The van der Waals surface area contributed by atoms with Gasteiger partial charge in [-0.25, -0.2) is 0 Å². The first-order valence-corrected chi connectivity index (χ1v) is 6.39. The lowest BCUT2D eigenvalue weighted by Crippen LogP contribution is -2.35. The van der Waals surface area contributed by atoms with Gasteiger partial charge in [0.1, 0.15) is 0 Å². The highest BCUT2D eigenvalue weighted by atomic mass is 127. The number of rotatable bonds is 1. The predicted octanol–water partition coefficient (Wildman–Crippen LogP) is 3.46. The van der Waals surface area contributed by atoms with E-state index in [1.165, 1.54) is 0 Å². The first-order chi connectivity index (χ1) is 7.18. The topological polar surface area (TPSA) is 20.3 Å². The Bertz CT molecular complexity index is 394. The van der Waals surface area contributed by atoms with E-state index in [9.17, 15) is 4.79 Å². The van der Waals surface area contributed by atoms with Gasteiger partial charge in [-0.2, -0.15) is 0 Å². The van der Waals surface area contributed by atoms with Crippen LogP contribution in [0.15, 0.2) is 18.2 Å². The zero-order valence-corrected chi connectivity index (χ0v) is 11.1. The normalized spacial score (nSPS) is 16.9. The Kier molecular flexibility index (Phi) is 3.51. The monoisotopic (exact) mass is 335 g/mol. The Hall–Kier alpha value is -0.290. The van der Waals surface area contributed by atoms with Crippen LogP contribution in [0.2, 0.25) is 5.02 Å². The largest absolute Gasteiger partial charge is 0.311 e. The second-order valence-electron chi connectivity index (χ2n) is 3.60. The van der Waals surface area contributed by atoms with E-state index in [0.29, 0.717) is 11.4 Å². The Labute approximate surface area is 108 Å². The second kappa shape index (κ2) is 4.70. The van der Waals surface area contributed by atoms with Crippen LogP contribution in [0.1, 0.15) is 19.3 Å². The summed E-state index contributed by atoms with van der Waals surface area (Å²) in [4.78, 5) is 13.6. The minimum atomic E-state index is 0.224. The van der Waals surface area contributed by atoms with Crippen molar-refractivity contribution in [1.82, 2.24) is 0 Å². The van der Waals surface area contributed by atoms with Crippen LogP contribution in [-0.4, -0.2) is 12.5 Å². The number of benzene rings is 1. The molecule has 0 unspecified atom stereocenters. The third-order valence-electron chi connectivity index (χ3n) is 2.52. The first kappa shape index (κ1) is 11.2. The van der Waals surface area contributed by atoms with Crippen molar-refractivity contribution in [1.29, 1.82) is 0 Å². The third-order valence-corrected chi connectivity index (χ3v) is 3.62. The second-order valence-corrected chi connectivity index (χ2v) is 5.20. The summed E-state index contributed by atoms with van der Waals surface area (Å²) < 4.78 is 1.04. The fourth-order valence-electron chi connectivity index (χ4n) is 1.76. The molecule has 1 aromatic rings. The van der Waals surface area contributed by atoms with Crippen molar-refractivity contribution in [2.45, 2.75) is 19.3 Å². The zero-order valence-electron chi connectivity index (χ0n) is 8.17. The Morgan fingerprint density at radius 2 is 2.13 bits per heavy atom. The summed E-state index contributed by atoms with van der Waals surface area (Å²) in [6.45, 7) is 0.830. The van der Waals surface area contributed by atoms with E-state index >= 15 is 0 Å². The molecule has 0 atom stereocenters. The van der Waals surface area contributed by atoms with Crippen LogP contribution in [0.5, 0.6) is 0 Å². The lowest BCUT2D eigenvalue weighted by molar-refractivity contribution is -0.119. The number of halogens is 2. The van der Waals surface area contributed by atoms with Crippen molar-refractivity contribution in [3.63, 3.8) is 0 Å². The molecule has 1 aliphatic rings. The van der Waals surface area contributed by atoms with Gasteiger partial charge in [0.15, 0.2) is 0 Å². The van der Waals surface area contributed by atoms with Crippen LogP contribution in [0.3, 0.4) is 0 Å². The van der Waals surface area contributed by atoms with Crippen molar-refractivity contribution in [2.75, 3.05) is 11.4 Å². The lowest BCUT2D eigenvalue weighted by Gasteiger charge is -2.27. The van der Waals surface area contributed by atoms with E-state index in [0.717, 1.165) is 28.6 Å². The Morgan fingerprint density at radius 3 is 2.80 bits per heavy atom. The molecule has 1 fully saturated rings. The van der Waals surface area contributed by atoms with E-state index in [4.69, 9.17) is 11.6 Å². The summed E-state index contributed by atoms with van der Waals surface area (Å²) in [7, 11) is 0. The molecule has 0 aliphatic carbocycles. The third kappa shape index (κ3) is 2.45. The maximum Gasteiger partial charge on any atom is 0.227 e. The van der Waals surface area contributed by atoms with E-state index in [-0.39, 0.29) is 5.91 Å². The van der Waals surface area contributed by atoms with Crippen LogP contribution in [0.25, 0.3) is 0 Å². The SMILES string of the molecule is O=C1CCCCN1c1ccc(Cl)cc1I. The van der Waals surface area contributed by atoms with Crippen molar-refractivity contribution < 1.29 is 4.79 Å². The molecule has 4 heteroatoms. The molecule has 80 valence electrons. The lowest BCUT2D eigenvalue weighted by atomic mass is 10.1. The molecule has 1 aliphatic heterocycles. The summed E-state index contributed by atoms with van der Waals surface area (Å²) in [6, 6.07) is 5.65. The summed E-state index contributed by atoms with van der Waals surface area (Å²) in [5.41, 5.74) is 0.990. The predicted molar refractivity (Wildman–Crippen MR) is 70.4 cm³/mol. The fourth-order valence-corrected chi connectivity index (χ4v) is 2.92. The molecular formula is C11H11ClINO. The van der Waals surface area contributed by atoms with Gasteiger partial charge in [0, 0.05) is 21.6 Å². The molecular weight excluding hydrogens is 324 g/mol. The van der Waals surface area contributed by atoms with Gasteiger partial charge in [0.05, 0.1) is 5.69 Å². The van der Waals surface area contributed by atoms with Gasteiger partial charge >= 0.3 is 0 Å². The highest BCUT2D eigenvalue weighted by molar-refractivity contribution is 14.1. The molecule has 0 bridgehead atoms. The van der Waals surface area contributed by atoms with Crippen molar-refractivity contribution in [3.8, 4) is 0 Å². The molecule has 0 saturated carbocycles. The summed E-state index contributed by atoms with van der Waals surface area (Å²) in [5, 5.41) is 0.715. The molecule has 1 saturated heterocycles. The Morgan fingerprint density at radius 1 is 1.33 bits per heavy atom. The van der Waals surface area contributed by atoms with Crippen LogP contribution in [-0.2, 0) is 4.79 Å². The van der Waals surface area contributed by atoms with Crippen LogP contribution < -0.4 is 4.90 Å². The molecule has 1 amide bonds. The molecule has 2 rings (SSSR count). The minimum Gasteiger partial charge on any atom is -0.311 e. The number of anilines is 1. The molecule has 1 aromatic carbocycles. The average Bonchev–Trinajstić information content (AvgIpc) is 2.20. The van der Waals surface area contributed by atoms with E-state index in [1.54, 1.807) is 0 Å². The molecule has 0 spiro atoms. The zero-order chi connectivity index (χ0) is 10.8. The molecule has 0 aromatic heterocycles. The van der Waals surface area contributed by atoms with Crippen molar-refractivity contribution in [2.24, 2.45) is 0 Å². The van der Waals surface area contributed by atoms with Crippen molar-refractivity contribution in [3.05, 3.63) is 26.8 Å². The van der Waals surface area contributed by atoms with Gasteiger partial charge in [-0.1, -0.05) is 11.6 Å². The van der Waals surface area contributed by atoms with Crippen LogP contribution in [0, 0.1) is 3.57 Å². The van der Waals surface area contributed by atoms with E-state index < -0.39 is 0 Å². The molecule has 0 N–H and O–H groups in total. The number of nitrogens with zero attached hydrogens (tertiary/aromatic N) is 1. The van der Waals surface area contributed by atoms with Gasteiger partial charge in [0.2, 0.25) is 5.91 Å². The average molecular weight is 336 g/mol. The number of piperidine rings is 1. The highest BCUT2D eigenvalue weighted by Crippen LogP contribution is 2.28. The number of carbonyl (C=O) groups is 1. The van der Waals surface area contributed by atoms with Crippen LogP contribution >= 0.6 is 34.2 Å². The first-order valence-electron chi connectivity index (χ1n) is 4.94. The summed E-state index contributed by atoms with van der Waals surface area (Å²) >= 11 is 8.10.